The lowest BCUT2D eigenvalue weighted by Gasteiger charge is -2.09. The molecular weight excluding hydrogens is 613 g/mol. The molecule has 0 radical (unpaired) electrons. The van der Waals surface area contributed by atoms with Crippen molar-refractivity contribution < 1.29 is 19.1 Å². The lowest BCUT2D eigenvalue weighted by atomic mass is 10.1. The van der Waals surface area contributed by atoms with E-state index in [1.807, 2.05) is 30.5 Å². The van der Waals surface area contributed by atoms with Gasteiger partial charge >= 0.3 is 5.97 Å². The summed E-state index contributed by atoms with van der Waals surface area (Å²) in [6, 6.07) is 12.7. The van der Waals surface area contributed by atoms with E-state index in [9.17, 15) is 14.4 Å². The molecule has 5 rings (SSSR count). The number of benzene rings is 2. The number of hydrogen-bond donors (Lipinski definition) is 2. The van der Waals surface area contributed by atoms with Gasteiger partial charge in [-0.15, -0.1) is 23.1 Å². The number of carbonyl (C=O) groups is 3. The van der Waals surface area contributed by atoms with Crippen LogP contribution in [0.5, 0.6) is 0 Å². The maximum Gasteiger partial charge on any atom is 0.341 e. The minimum Gasteiger partial charge on any atom is -0.462 e. The Morgan fingerprint density at radius 3 is 2.69 bits per heavy atom. The second-order valence-corrected chi connectivity index (χ2v) is 12.9. The number of rotatable bonds is 10. The molecule has 1 aliphatic carbocycles. The van der Waals surface area contributed by atoms with Crippen molar-refractivity contribution in [2.24, 2.45) is 0 Å². The number of carbonyl (C=O) groups excluding carboxylic acids is 3. The summed E-state index contributed by atoms with van der Waals surface area (Å²) in [5.74, 6) is -0.628. The quantitative estimate of drug-likeness (QED) is 0.105. The first kappa shape index (κ1) is 30.5. The highest BCUT2D eigenvalue weighted by molar-refractivity contribution is 8.00. The number of fused-ring (bicyclic) bond motifs is 2. The molecule has 4 aromatic rings. The van der Waals surface area contributed by atoms with E-state index in [-0.39, 0.29) is 30.1 Å². The average molecular weight is 645 g/mol. The van der Waals surface area contributed by atoms with Crippen molar-refractivity contribution >= 4 is 80.0 Å². The highest BCUT2D eigenvalue weighted by Gasteiger charge is 2.26. The minimum atomic E-state index is -0.367. The van der Waals surface area contributed by atoms with Gasteiger partial charge in [-0.05, 0) is 62.4 Å². The Bertz CT molecular complexity index is 1630. The highest BCUT2D eigenvalue weighted by atomic mass is 35.5. The number of thiophene rings is 1. The van der Waals surface area contributed by atoms with Crippen molar-refractivity contribution in [3.05, 3.63) is 80.3 Å². The molecule has 0 aliphatic heterocycles. The average Bonchev–Trinajstić information content (AvgIpc) is 3.39. The number of aromatic nitrogens is 1. The van der Waals surface area contributed by atoms with Gasteiger partial charge in [0.15, 0.2) is 0 Å². The van der Waals surface area contributed by atoms with Crippen LogP contribution in [0.25, 0.3) is 10.9 Å². The molecule has 2 aromatic carbocycles. The van der Waals surface area contributed by atoms with E-state index in [0.717, 1.165) is 53.5 Å². The topological polar surface area (TPSA) is 89.4 Å². The van der Waals surface area contributed by atoms with Crippen LogP contribution < -0.4 is 10.6 Å². The first-order valence-electron chi connectivity index (χ1n) is 13.9. The zero-order valence-corrected chi connectivity index (χ0v) is 26.3. The molecule has 0 bridgehead atoms. The molecule has 220 valence electrons. The summed E-state index contributed by atoms with van der Waals surface area (Å²) < 4.78 is 7.41. The summed E-state index contributed by atoms with van der Waals surface area (Å²) in [5, 5.41) is 8.31. The molecule has 1 aliphatic rings. The van der Waals surface area contributed by atoms with Crippen LogP contribution in [0, 0.1) is 0 Å². The van der Waals surface area contributed by atoms with Gasteiger partial charge in [-0.2, -0.15) is 0 Å². The van der Waals surface area contributed by atoms with Crippen LogP contribution in [-0.4, -0.2) is 41.3 Å². The number of anilines is 1. The molecule has 0 spiro atoms. The Balaban J connectivity index is 1.25. The summed E-state index contributed by atoms with van der Waals surface area (Å²) in [7, 11) is 0. The molecule has 11 heteroatoms. The number of nitrogens with one attached hydrogen (secondary N) is 2. The Hall–Kier alpha value is -2.98. The Morgan fingerprint density at radius 2 is 1.88 bits per heavy atom. The van der Waals surface area contributed by atoms with Gasteiger partial charge in [-0.25, -0.2) is 4.79 Å². The molecule has 0 atom stereocenters. The molecule has 7 nitrogen and oxygen atoms in total. The molecule has 42 heavy (non-hydrogen) atoms. The normalized spacial score (nSPS) is 12.9. The van der Waals surface area contributed by atoms with Gasteiger partial charge in [0, 0.05) is 45.0 Å². The third-order valence-electron chi connectivity index (χ3n) is 7.08. The fraction of sp³-hybridized carbons (Fsp3) is 0.323. The molecule has 2 N–H and O–H groups in total. The zero-order valence-electron chi connectivity index (χ0n) is 23.1. The fourth-order valence-electron chi connectivity index (χ4n) is 5.13. The van der Waals surface area contributed by atoms with Crippen LogP contribution in [0.2, 0.25) is 10.0 Å². The SMILES string of the molecule is CCOC(=O)c1c(NC(=O)CSc2cn(CCNC(=O)c3ccc(Cl)cc3Cl)c3ccccc23)sc2c1CCCCC2. The van der Waals surface area contributed by atoms with Crippen LogP contribution >= 0.6 is 46.3 Å². The molecule has 2 amide bonds. The van der Waals surface area contributed by atoms with E-state index in [4.69, 9.17) is 27.9 Å². The Kier molecular flexibility index (Phi) is 10.2. The smallest absolute Gasteiger partial charge is 0.341 e. The highest BCUT2D eigenvalue weighted by Crippen LogP contribution is 2.38. The molecule has 2 aromatic heterocycles. The van der Waals surface area contributed by atoms with Gasteiger partial charge in [0.25, 0.3) is 5.91 Å². The second kappa shape index (κ2) is 14.0. The molecule has 0 unspecified atom stereocenters. The number of para-hydroxylation sites is 1. The van der Waals surface area contributed by atoms with E-state index in [1.165, 1.54) is 28.0 Å². The van der Waals surface area contributed by atoms with Gasteiger partial charge < -0.3 is 19.9 Å². The van der Waals surface area contributed by atoms with Gasteiger partial charge in [0.05, 0.1) is 28.5 Å². The predicted octanol–water partition coefficient (Wildman–Crippen LogP) is 7.62. The molecule has 2 heterocycles. The Morgan fingerprint density at radius 1 is 1.07 bits per heavy atom. The number of hydrogen-bond acceptors (Lipinski definition) is 6. The maximum absolute atomic E-state index is 13.1. The third kappa shape index (κ3) is 6.97. The number of thioether (sulfide) groups is 1. The Labute approximate surface area is 262 Å². The predicted molar refractivity (Wildman–Crippen MR) is 172 cm³/mol. The molecule has 0 saturated carbocycles. The largest absolute Gasteiger partial charge is 0.462 e. The minimum absolute atomic E-state index is 0.175. The van der Waals surface area contributed by atoms with Gasteiger partial charge in [-0.3, -0.25) is 9.59 Å². The first-order chi connectivity index (χ1) is 20.4. The van der Waals surface area contributed by atoms with E-state index in [1.54, 1.807) is 25.1 Å². The summed E-state index contributed by atoms with van der Waals surface area (Å²) in [4.78, 5) is 40.7. The van der Waals surface area contributed by atoms with Gasteiger partial charge in [-0.1, -0.05) is 47.8 Å². The lowest BCUT2D eigenvalue weighted by Crippen LogP contribution is -2.27. The monoisotopic (exact) mass is 643 g/mol. The van der Waals surface area contributed by atoms with Crippen LogP contribution in [-0.2, 0) is 28.9 Å². The van der Waals surface area contributed by atoms with Crippen LogP contribution in [0.3, 0.4) is 0 Å². The summed E-state index contributed by atoms with van der Waals surface area (Å²) >= 11 is 15.1. The standard InChI is InChI=1S/C31H31Cl2N3O4S2/c1-2-40-31(39)28-22-9-4-3-5-11-25(22)42-30(28)35-27(37)18-41-26-17-36(24-10-7-6-8-21(24)26)15-14-34-29(38)20-13-12-19(32)16-23(20)33/h6-8,10,12-13,16-17H,2-5,9,11,14-15,18H2,1H3,(H,34,38)(H,35,37). The summed E-state index contributed by atoms with van der Waals surface area (Å²) in [6.45, 7) is 3.00. The van der Waals surface area contributed by atoms with Crippen molar-refractivity contribution in [3.63, 3.8) is 0 Å². The van der Waals surface area contributed by atoms with Crippen LogP contribution in [0.4, 0.5) is 5.00 Å². The fourth-order valence-corrected chi connectivity index (χ4v) is 7.80. The van der Waals surface area contributed by atoms with Crippen LogP contribution in [0.1, 0.15) is 57.3 Å². The van der Waals surface area contributed by atoms with E-state index in [0.29, 0.717) is 39.3 Å². The van der Waals surface area contributed by atoms with E-state index in [2.05, 4.69) is 15.2 Å². The number of aryl methyl sites for hydroxylation is 1. The number of esters is 1. The summed E-state index contributed by atoms with van der Waals surface area (Å²) in [6.07, 6.45) is 7.00. The maximum atomic E-state index is 13.1. The zero-order chi connectivity index (χ0) is 29.6. The number of nitrogens with zero attached hydrogens (tertiary/aromatic N) is 1. The van der Waals surface area contributed by atoms with E-state index < -0.39 is 0 Å². The number of ether oxygens (including phenoxy) is 1. The third-order valence-corrected chi connectivity index (χ3v) is 9.88. The van der Waals surface area contributed by atoms with Crippen molar-refractivity contribution in [1.82, 2.24) is 9.88 Å². The first-order valence-corrected chi connectivity index (χ1v) is 16.5. The van der Waals surface area contributed by atoms with Crippen molar-refractivity contribution in [1.29, 1.82) is 0 Å². The molecule has 0 saturated heterocycles. The van der Waals surface area contributed by atoms with Gasteiger partial charge in [0.2, 0.25) is 5.91 Å². The van der Waals surface area contributed by atoms with Gasteiger partial charge in [0.1, 0.15) is 5.00 Å². The molecular formula is C31H31Cl2N3O4S2. The van der Waals surface area contributed by atoms with Crippen molar-refractivity contribution in [2.75, 3.05) is 24.2 Å². The lowest BCUT2D eigenvalue weighted by molar-refractivity contribution is -0.113. The van der Waals surface area contributed by atoms with Crippen LogP contribution in [0.15, 0.2) is 53.6 Å². The van der Waals surface area contributed by atoms with Crippen molar-refractivity contribution in [2.45, 2.75) is 50.5 Å². The number of halogens is 2. The molecule has 0 fully saturated rings. The van der Waals surface area contributed by atoms with E-state index >= 15 is 0 Å². The second-order valence-electron chi connectivity index (χ2n) is 9.91. The van der Waals surface area contributed by atoms with Crippen molar-refractivity contribution in [3.8, 4) is 0 Å². The number of amides is 2. The summed E-state index contributed by atoms with van der Waals surface area (Å²) in [5.41, 5.74) is 2.93.